The van der Waals surface area contributed by atoms with Crippen LogP contribution in [0.25, 0.3) is 0 Å². The highest BCUT2D eigenvalue weighted by atomic mass is 35.5. The van der Waals surface area contributed by atoms with E-state index in [9.17, 15) is 8.42 Å². The van der Waals surface area contributed by atoms with Crippen LogP contribution in [0.4, 0.5) is 5.69 Å². The molecule has 1 heterocycles. The zero-order valence-corrected chi connectivity index (χ0v) is 13.8. The van der Waals surface area contributed by atoms with E-state index in [0.717, 1.165) is 11.3 Å². The van der Waals surface area contributed by atoms with Gasteiger partial charge in [-0.05, 0) is 18.2 Å². The maximum Gasteiger partial charge on any atom is 0.243 e. The van der Waals surface area contributed by atoms with Gasteiger partial charge in [-0.3, -0.25) is 0 Å². The van der Waals surface area contributed by atoms with Gasteiger partial charge in [0.05, 0.1) is 4.34 Å². The minimum atomic E-state index is -3.69. The van der Waals surface area contributed by atoms with Crippen molar-refractivity contribution in [1.29, 1.82) is 0 Å². The van der Waals surface area contributed by atoms with Crippen LogP contribution in [0.5, 0.6) is 5.75 Å². The number of sulfonamides is 1. The average Bonchev–Trinajstić information content (AvgIpc) is 2.75. The lowest BCUT2D eigenvalue weighted by molar-refractivity contribution is 0.323. The van der Waals surface area contributed by atoms with E-state index in [0.29, 0.717) is 15.8 Å². The van der Waals surface area contributed by atoms with Crippen LogP contribution in [0.15, 0.2) is 35.2 Å². The summed E-state index contributed by atoms with van der Waals surface area (Å²) in [5.41, 5.74) is 6.19. The fourth-order valence-corrected chi connectivity index (χ4v) is 4.70. The Kier molecular flexibility index (Phi) is 5.34. The summed E-state index contributed by atoms with van der Waals surface area (Å²) in [5.74, 6) is 0.575. The van der Waals surface area contributed by atoms with Crippen LogP contribution < -0.4 is 15.2 Å². The lowest BCUT2D eigenvalue weighted by Gasteiger charge is -2.08. The minimum Gasteiger partial charge on any atom is -0.492 e. The molecule has 114 valence electrons. The SMILES string of the molecule is Nc1cccc(OCCNS(=O)(=O)c2cc(Cl)sc2Cl)c1. The van der Waals surface area contributed by atoms with Crippen LogP contribution in [0.2, 0.25) is 8.67 Å². The highest BCUT2D eigenvalue weighted by Crippen LogP contribution is 2.33. The third-order valence-corrected chi connectivity index (χ3v) is 5.65. The molecule has 1 aromatic heterocycles. The monoisotopic (exact) mass is 366 g/mol. The zero-order chi connectivity index (χ0) is 15.5. The molecule has 2 aromatic rings. The van der Waals surface area contributed by atoms with Crippen molar-refractivity contribution in [1.82, 2.24) is 4.72 Å². The van der Waals surface area contributed by atoms with Gasteiger partial charge >= 0.3 is 0 Å². The Hall–Kier alpha value is -0.990. The first-order valence-electron chi connectivity index (χ1n) is 5.81. The molecule has 0 aliphatic carbocycles. The van der Waals surface area contributed by atoms with E-state index in [1.54, 1.807) is 24.3 Å². The van der Waals surface area contributed by atoms with E-state index >= 15 is 0 Å². The number of benzene rings is 1. The van der Waals surface area contributed by atoms with Gasteiger partial charge in [0.1, 0.15) is 21.6 Å². The Balaban J connectivity index is 1.89. The molecule has 0 bridgehead atoms. The van der Waals surface area contributed by atoms with Crippen LogP contribution in [0.1, 0.15) is 0 Å². The Morgan fingerprint density at radius 3 is 2.67 bits per heavy atom. The number of ether oxygens (including phenoxy) is 1. The van der Waals surface area contributed by atoms with Crippen molar-refractivity contribution in [3.63, 3.8) is 0 Å². The Morgan fingerprint density at radius 1 is 1.29 bits per heavy atom. The van der Waals surface area contributed by atoms with E-state index in [4.69, 9.17) is 33.7 Å². The average molecular weight is 367 g/mol. The van der Waals surface area contributed by atoms with Crippen molar-refractivity contribution in [3.05, 3.63) is 39.0 Å². The maximum atomic E-state index is 12.0. The van der Waals surface area contributed by atoms with Crippen LogP contribution in [-0.4, -0.2) is 21.6 Å². The fourth-order valence-electron chi connectivity index (χ4n) is 1.54. The van der Waals surface area contributed by atoms with Crippen molar-refractivity contribution < 1.29 is 13.2 Å². The molecule has 0 atom stereocenters. The van der Waals surface area contributed by atoms with Crippen LogP contribution >= 0.6 is 34.5 Å². The third kappa shape index (κ3) is 4.49. The molecule has 9 heteroatoms. The third-order valence-electron chi connectivity index (χ3n) is 2.44. The maximum absolute atomic E-state index is 12.0. The van der Waals surface area contributed by atoms with Crippen molar-refractivity contribution >= 4 is 50.2 Å². The quantitative estimate of drug-likeness (QED) is 0.608. The topological polar surface area (TPSA) is 81.4 Å². The molecule has 0 unspecified atom stereocenters. The molecule has 0 spiro atoms. The molecule has 2 rings (SSSR count). The van der Waals surface area contributed by atoms with Gasteiger partial charge < -0.3 is 10.5 Å². The molecule has 0 amide bonds. The van der Waals surface area contributed by atoms with Gasteiger partial charge in [0.2, 0.25) is 10.0 Å². The van der Waals surface area contributed by atoms with Crippen LogP contribution in [0.3, 0.4) is 0 Å². The molecule has 3 N–H and O–H groups in total. The summed E-state index contributed by atoms with van der Waals surface area (Å²) >= 11 is 12.6. The van der Waals surface area contributed by atoms with Gasteiger partial charge in [-0.25, -0.2) is 13.1 Å². The number of hydrogen-bond donors (Lipinski definition) is 2. The predicted molar refractivity (Wildman–Crippen MR) is 85.9 cm³/mol. The largest absolute Gasteiger partial charge is 0.492 e. The Morgan fingerprint density at radius 2 is 2.05 bits per heavy atom. The summed E-state index contributed by atoms with van der Waals surface area (Å²) in [6.07, 6.45) is 0. The first-order valence-corrected chi connectivity index (χ1v) is 8.87. The van der Waals surface area contributed by atoms with Gasteiger partial charge in [0.25, 0.3) is 0 Å². The molecule has 0 fully saturated rings. The lowest BCUT2D eigenvalue weighted by atomic mass is 10.3. The first kappa shape index (κ1) is 16.4. The predicted octanol–water partition coefficient (Wildman–Crippen LogP) is 2.99. The van der Waals surface area contributed by atoms with Crippen molar-refractivity contribution in [3.8, 4) is 5.75 Å². The molecule has 0 aliphatic rings. The summed E-state index contributed by atoms with van der Waals surface area (Å²) < 4.78 is 32.2. The Labute approximate surface area is 136 Å². The van der Waals surface area contributed by atoms with Crippen LogP contribution in [-0.2, 0) is 10.0 Å². The highest BCUT2D eigenvalue weighted by molar-refractivity contribution is 7.89. The highest BCUT2D eigenvalue weighted by Gasteiger charge is 2.20. The van der Waals surface area contributed by atoms with Crippen molar-refractivity contribution in [2.45, 2.75) is 4.90 Å². The van der Waals surface area contributed by atoms with Gasteiger partial charge in [0.15, 0.2) is 0 Å². The fraction of sp³-hybridized carbons (Fsp3) is 0.167. The first-order chi connectivity index (χ1) is 9.88. The normalized spacial score (nSPS) is 11.5. The number of thiophene rings is 1. The van der Waals surface area contributed by atoms with E-state index in [-0.39, 0.29) is 22.4 Å². The molecule has 5 nitrogen and oxygen atoms in total. The number of nitrogen functional groups attached to an aromatic ring is 1. The molecule has 0 saturated heterocycles. The number of nitrogens with two attached hydrogens (primary N) is 1. The summed E-state index contributed by atoms with van der Waals surface area (Å²) in [4.78, 5) is -0.0249. The van der Waals surface area contributed by atoms with Gasteiger partial charge in [-0.1, -0.05) is 29.3 Å². The number of rotatable bonds is 6. The second-order valence-electron chi connectivity index (χ2n) is 4.01. The van der Waals surface area contributed by atoms with Crippen molar-refractivity contribution in [2.75, 3.05) is 18.9 Å². The smallest absolute Gasteiger partial charge is 0.243 e. The van der Waals surface area contributed by atoms with E-state index in [1.165, 1.54) is 6.07 Å². The summed E-state index contributed by atoms with van der Waals surface area (Å²) in [6, 6.07) is 8.19. The standard InChI is InChI=1S/C12H12Cl2N2O3S2/c13-11-7-10(12(14)20-11)21(17,18)16-4-5-19-9-3-1-2-8(15)6-9/h1-3,6-7,16H,4-5,15H2. The molecule has 0 saturated carbocycles. The van der Waals surface area contributed by atoms with Crippen LogP contribution in [0, 0.1) is 0 Å². The number of hydrogen-bond acceptors (Lipinski definition) is 5. The second kappa shape index (κ2) is 6.85. The van der Waals surface area contributed by atoms with E-state index < -0.39 is 10.0 Å². The number of anilines is 1. The molecule has 21 heavy (non-hydrogen) atoms. The molecule has 0 aliphatic heterocycles. The lowest BCUT2D eigenvalue weighted by Crippen LogP contribution is -2.28. The summed E-state index contributed by atoms with van der Waals surface area (Å²) in [6.45, 7) is 0.263. The zero-order valence-electron chi connectivity index (χ0n) is 10.7. The summed E-state index contributed by atoms with van der Waals surface area (Å²) in [5, 5.41) is 0. The molecule has 1 aromatic carbocycles. The van der Waals surface area contributed by atoms with E-state index in [2.05, 4.69) is 4.72 Å². The molecular formula is C12H12Cl2N2O3S2. The number of halogens is 2. The Bertz CT molecular complexity index is 732. The van der Waals surface area contributed by atoms with Gasteiger partial charge in [-0.2, -0.15) is 0 Å². The second-order valence-corrected chi connectivity index (χ2v) is 8.03. The molecule has 0 radical (unpaired) electrons. The van der Waals surface area contributed by atoms with Gasteiger partial charge in [0, 0.05) is 18.3 Å². The minimum absolute atomic E-state index is 0.0249. The number of nitrogens with one attached hydrogen (secondary N) is 1. The van der Waals surface area contributed by atoms with Gasteiger partial charge in [-0.15, -0.1) is 11.3 Å². The van der Waals surface area contributed by atoms with E-state index in [1.807, 2.05) is 0 Å². The molecular weight excluding hydrogens is 355 g/mol. The van der Waals surface area contributed by atoms with Crippen molar-refractivity contribution in [2.24, 2.45) is 0 Å². The summed E-state index contributed by atoms with van der Waals surface area (Å²) in [7, 11) is -3.69.